The van der Waals surface area contributed by atoms with Gasteiger partial charge in [0.25, 0.3) is 5.56 Å². The van der Waals surface area contributed by atoms with Crippen LogP contribution in [0.4, 0.5) is 0 Å². The maximum Gasteiger partial charge on any atom is 0.266 e. The molecule has 0 amide bonds. The number of ether oxygens (including phenoxy) is 1. The molecular weight excluding hydrogens is 336 g/mol. The Morgan fingerprint density at radius 2 is 2.32 bits per heavy atom. The Kier molecular flexibility index (Phi) is 4.33. The third kappa shape index (κ3) is 2.97. The lowest BCUT2D eigenvalue weighted by molar-refractivity contribution is 0.179. The van der Waals surface area contributed by atoms with Crippen LogP contribution < -0.4 is 10.3 Å². The summed E-state index contributed by atoms with van der Waals surface area (Å²) in [5, 5.41) is 13.5. The van der Waals surface area contributed by atoms with Crippen LogP contribution in [0.2, 0.25) is 0 Å². The van der Waals surface area contributed by atoms with Gasteiger partial charge in [0.05, 0.1) is 13.2 Å². The minimum absolute atomic E-state index is 0.0522. The fraction of sp³-hybridized carbons (Fsp3) is 0.316. The molecule has 0 bridgehead atoms. The fourth-order valence-corrected chi connectivity index (χ4v) is 4.29. The number of aliphatic hydroxyl groups excluding tert-OH is 1. The Hall–Kier alpha value is -2.15. The Morgan fingerprint density at radius 3 is 3.08 bits per heavy atom. The summed E-state index contributed by atoms with van der Waals surface area (Å²) in [4.78, 5) is 17.4. The molecule has 0 spiro atoms. The highest BCUT2D eigenvalue weighted by Gasteiger charge is 2.18. The van der Waals surface area contributed by atoms with Crippen LogP contribution in [0.15, 0.2) is 34.4 Å². The lowest BCUT2D eigenvalue weighted by Crippen LogP contribution is -2.21. The average molecular weight is 356 g/mol. The number of likely N-dealkylation sites (tertiary alicyclic amines) is 1. The number of rotatable bonds is 4. The smallest absolute Gasteiger partial charge is 0.266 e. The molecule has 5 nitrogen and oxygen atoms in total. The summed E-state index contributed by atoms with van der Waals surface area (Å²) >= 11 is 1.45. The highest BCUT2D eigenvalue weighted by atomic mass is 32.1. The normalized spacial score (nSPS) is 18.7. The minimum Gasteiger partial charge on any atom is -0.496 e. The maximum atomic E-state index is 12.2. The second-order valence-electron chi connectivity index (χ2n) is 6.33. The highest BCUT2D eigenvalue weighted by Crippen LogP contribution is 2.34. The van der Waals surface area contributed by atoms with Crippen molar-refractivity contribution < 1.29 is 9.84 Å². The number of nitrogens with one attached hydrogen (secondary N) is 1. The van der Waals surface area contributed by atoms with Gasteiger partial charge in [-0.05, 0) is 30.0 Å². The van der Waals surface area contributed by atoms with Crippen molar-refractivity contribution in [3.63, 3.8) is 0 Å². The third-order valence-corrected chi connectivity index (χ3v) is 5.62. The van der Waals surface area contributed by atoms with Crippen LogP contribution in [0.1, 0.15) is 12.0 Å². The van der Waals surface area contributed by atoms with Crippen LogP contribution in [-0.4, -0.2) is 47.8 Å². The SMILES string of the molecule is COc1ccc2[nH]c(=O)c3sccc3c2c1/C=C/CN1CCC(O)C1. The predicted octanol–water partition coefficient (Wildman–Crippen LogP) is 2.83. The predicted molar refractivity (Wildman–Crippen MR) is 103 cm³/mol. The van der Waals surface area contributed by atoms with Crippen LogP contribution in [0.3, 0.4) is 0 Å². The van der Waals surface area contributed by atoms with E-state index in [9.17, 15) is 9.90 Å². The van der Waals surface area contributed by atoms with E-state index in [0.717, 1.165) is 58.4 Å². The first-order valence-electron chi connectivity index (χ1n) is 8.34. The van der Waals surface area contributed by atoms with E-state index in [1.165, 1.54) is 11.3 Å². The van der Waals surface area contributed by atoms with E-state index in [4.69, 9.17) is 4.74 Å². The number of aromatic nitrogens is 1. The van der Waals surface area contributed by atoms with Crippen molar-refractivity contribution in [3.8, 4) is 5.75 Å². The number of β-amino-alcohol motifs (C(OH)–C–C–N with tert-alkyl or cyclic N) is 1. The number of hydrogen-bond acceptors (Lipinski definition) is 5. The summed E-state index contributed by atoms with van der Waals surface area (Å²) in [6.45, 7) is 2.42. The number of methoxy groups -OCH3 is 1. The Morgan fingerprint density at radius 1 is 1.44 bits per heavy atom. The number of aromatic amines is 1. The number of aliphatic hydroxyl groups is 1. The minimum atomic E-state index is -0.212. The fourth-order valence-electron chi connectivity index (χ4n) is 3.50. The molecular formula is C19H20N2O3S. The van der Waals surface area contributed by atoms with Crippen molar-refractivity contribution in [1.29, 1.82) is 0 Å². The van der Waals surface area contributed by atoms with E-state index in [-0.39, 0.29) is 11.7 Å². The standard InChI is InChI=1S/C19H20N2O3S/c1-24-16-5-4-15-17(14-7-10-25-18(14)19(23)20-15)13(16)3-2-8-21-9-6-12(22)11-21/h2-5,7,10,12,22H,6,8-9,11H2,1H3,(H,20,23)/b3-2+. The summed E-state index contributed by atoms with van der Waals surface area (Å²) in [6, 6.07) is 5.77. The van der Waals surface area contributed by atoms with Gasteiger partial charge < -0.3 is 14.8 Å². The van der Waals surface area contributed by atoms with Crippen molar-refractivity contribution in [2.75, 3.05) is 26.7 Å². The van der Waals surface area contributed by atoms with E-state index in [0.29, 0.717) is 0 Å². The molecule has 0 saturated carbocycles. The van der Waals surface area contributed by atoms with Gasteiger partial charge in [0, 0.05) is 41.5 Å². The molecule has 1 unspecified atom stereocenters. The van der Waals surface area contributed by atoms with Crippen LogP contribution in [0.5, 0.6) is 5.75 Å². The van der Waals surface area contributed by atoms with Crippen molar-refractivity contribution >= 4 is 38.4 Å². The van der Waals surface area contributed by atoms with E-state index < -0.39 is 0 Å². The molecule has 130 valence electrons. The van der Waals surface area contributed by atoms with Gasteiger partial charge in [0.1, 0.15) is 10.4 Å². The third-order valence-electron chi connectivity index (χ3n) is 4.71. The lowest BCUT2D eigenvalue weighted by Gasteiger charge is -2.13. The first-order chi connectivity index (χ1) is 12.2. The zero-order chi connectivity index (χ0) is 17.4. The summed E-state index contributed by atoms with van der Waals surface area (Å²) in [5.74, 6) is 0.782. The van der Waals surface area contributed by atoms with Gasteiger partial charge >= 0.3 is 0 Å². The lowest BCUT2D eigenvalue weighted by atomic mass is 10.0. The van der Waals surface area contributed by atoms with Crippen LogP contribution >= 0.6 is 11.3 Å². The van der Waals surface area contributed by atoms with Crippen molar-refractivity contribution in [2.45, 2.75) is 12.5 Å². The summed E-state index contributed by atoms with van der Waals surface area (Å²) < 4.78 is 6.29. The number of hydrogen-bond donors (Lipinski definition) is 2. The zero-order valence-electron chi connectivity index (χ0n) is 14.0. The molecule has 1 aromatic carbocycles. The number of fused-ring (bicyclic) bond motifs is 3. The van der Waals surface area contributed by atoms with Crippen molar-refractivity contribution in [2.24, 2.45) is 0 Å². The Bertz CT molecular complexity index is 1000. The molecule has 0 radical (unpaired) electrons. The highest BCUT2D eigenvalue weighted by molar-refractivity contribution is 7.17. The van der Waals surface area contributed by atoms with E-state index in [1.54, 1.807) is 7.11 Å². The average Bonchev–Trinajstić information content (AvgIpc) is 3.24. The first kappa shape index (κ1) is 16.3. The van der Waals surface area contributed by atoms with E-state index in [1.807, 2.05) is 23.6 Å². The number of pyridine rings is 1. The molecule has 3 aromatic rings. The maximum absolute atomic E-state index is 12.2. The second-order valence-corrected chi connectivity index (χ2v) is 7.24. The molecule has 2 aromatic heterocycles. The molecule has 1 fully saturated rings. The van der Waals surface area contributed by atoms with Gasteiger partial charge in [-0.2, -0.15) is 0 Å². The van der Waals surface area contributed by atoms with Gasteiger partial charge in [-0.1, -0.05) is 12.2 Å². The van der Waals surface area contributed by atoms with Crippen LogP contribution in [0.25, 0.3) is 27.1 Å². The summed E-state index contributed by atoms with van der Waals surface area (Å²) in [7, 11) is 1.66. The number of benzene rings is 1. The molecule has 4 rings (SSSR count). The number of nitrogens with zero attached hydrogens (tertiary/aromatic N) is 1. The topological polar surface area (TPSA) is 65.6 Å². The molecule has 1 aliphatic rings. The number of thiophene rings is 1. The quantitative estimate of drug-likeness (QED) is 0.754. The molecule has 0 aliphatic carbocycles. The second kappa shape index (κ2) is 6.63. The molecule has 1 atom stereocenters. The molecule has 1 saturated heterocycles. The van der Waals surface area contributed by atoms with Crippen molar-refractivity contribution in [3.05, 3.63) is 45.6 Å². The largest absolute Gasteiger partial charge is 0.496 e. The summed E-state index contributed by atoms with van der Waals surface area (Å²) in [6.07, 6.45) is 4.78. The van der Waals surface area contributed by atoms with Gasteiger partial charge in [0.2, 0.25) is 0 Å². The molecule has 25 heavy (non-hydrogen) atoms. The van der Waals surface area contributed by atoms with Gasteiger partial charge in [-0.3, -0.25) is 9.69 Å². The van der Waals surface area contributed by atoms with Crippen LogP contribution in [0, 0.1) is 0 Å². The zero-order valence-corrected chi connectivity index (χ0v) is 14.8. The summed E-state index contributed by atoms with van der Waals surface area (Å²) in [5.41, 5.74) is 1.73. The van der Waals surface area contributed by atoms with Crippen molar-refractivity contribution in [1.82, 2.24) is 9.88 Å². The molecule has 6 heteroatoms. The van der Waals surface area contributed by atoms with Gasteiger partial charge in [-0.25, -0.2) is 0 Å². The Labute approximate surface area is 149 Å². The van der Waals surface area contributed by atoms with E-state index in [2.05, 4.69) is 22.0 Å². The Balaban J connectivity index is 1.80. The molecule has 2 N–H and O–H groups in total. The monoisotopic (exact) mass is 356 g/mol. The first-order valence-corrected chi connectivity index (χ1v) is 9.22. The van der Waals surface area contributed by atoms with Gasteiger partial charge in [0.15, 0.2) is 0 Å². The molecule has 1 aliphatic heterocycles. The van der Waals surface area contributed by atoms with Gasteiger partial charge in [-0.15, -0.1) is 11.3 Å². The van der Waals surface area contributed by atoms with E-state index >= 15 is 0 Å². The molecule has 3 heterocycles. The number of H-pyrrole nitrogens is 1. The van der Waals surface area contributed by atoms with Crippen LogP contribution in [-0.2, 0) is 0 Å².